The smallest absolute Gasteiger partial charge is 0.306 e. The molecular weight excluding hydrogens is 368 g/mol. The number of carbonyl (C=O) groups excluding carboxylic acids is 2. The third-order valence-electron chi connectivity index (χ3n) is 4.13. The topological polar surface area (TPSA) is 61.8 Å². The van der Waals surface area contributed by atoms with Crippen molar-refractivity contribution in [3.63, 3.8) is 0 Å². The van der Waals surface area contributed by atoms with Crippen LogP contribution in [0.5, 0.6) is 11.5 Å². The second kappa shape index (κ2) is 13.4. The standard InChI is InChI=1S/C14H20O3.C10H12O2/c1-4-17-14(15)9-11(2)8-12-6-5-7-13(10-12)16-3;1-8(11)6-9-4-3-5-10(7-9)12-2/h5-7,10-11H,4,8-9H2,1-3H3;3-5,7H,6H2,1-2H3. The average molecular weight is 401 g/mol. The zero-order valence-corrected chi connectivity index (χ0v) is 18.1. The van der Waals surface area contributed by atoms with Crippen LogP contribution in [0.15, 0.2) is 48.5 Å². The molecule has 0 aliphatic heterocycles. The Morgan fingerprint density at radius 3 is 2.00 bits per heavy atom. The molecule has 0 amide bonds. The van der Waals surface area contributed by atoms with Gasteiger partial charge in [0.25, 0.3) is 0 Å². The maximum Gasteiger partial charge on any atom is 0.306 e. The minimum atomic E-state index is -0.122. The van der Waals surface area contributed by atoms with E-state index >= 15 is 0 Å². The summed E-state index contributed by atoms with van der Waals surface area (Å²) in [6.45, 7) is 5.91. The lowest BCUT2D eigenvalue weighted by Gasteiger charge is -2.11. The Labute approximate surface area is 174 Å². The largest absolute Gasteiger partial charge is 0.497 e. The Morgan fingerprint density at radius 2 is 1.48 bits per heavy atom. The Hall–Kier alpha value is -2.82. The first-order valence-corrected chi connectivity index (χ1v) is 9.78. The number of hydrogen-bond acceptors (Lipinski definition) is 5. The summed E-state index contributed by atoms with van der Waals surface area (Å²) in [5, 5.41) is 0. The molecule has 0 radical (unpaired) electrons. The van der Waals surface area contributed by atoms with E-state index in [4.69, 9.17) is 14.2 Å². The van der Waals surface area contributed by atoms with Crippen LogP contribution in [0, 0.1) is 5.92 Å². The van der Waals surface area contributed by atoms with Gasteiger partial charge in [0.05, 0.1) is 20.8 Å². The molecule has 2 aromatic carbocycles. The number of rotatable bonds is 9. The quantitative estimate of drug-likeness (QED) is 0.573. The van der Waals surface area contributed by atoms with Crippen LogP contribution in [-0.2, 0) is 27.2 Å². The van der Waals surface area contributed by atoms with Crippen molar-refractivity contribution >= 4 is 11.8 Å². The molecule has 0 spiro atoms. The molecule has 0 aliphatic carbocycles. The maximum absolute atomic E-state index is 11.3. The number of Topliss-reactive ketones (excluding diaryl/α,β-unsaturated/α-hetero) is 1. The van der Waals surface area contributed by atoms with Crippen molar-refractivity contribution in [2.45, 2.75) is 40.0 Å². The Kier molecular flexibility index (Phi) is 11.2. The zero-order valence-electron chi connectivity index (χ0n) is 18.1. The molecule has 2 aromatic rings. The fourth-order valence-electron chi connectivity index (χ4n) is 2.85. The number of hydrogen-bond donors (Lipinski definition) is 0. The van der Waals surface area contributed by atoms with Crippen molar-refractivity contribution in [2.24, 2.45) is 5.92 Å². The molecular formula is C24H32O5. The van der Waals surface area contributed by atoms with Gasteiger partial charge in [-0.1, -0.05) is 31.2 Å². The van der Waals surface area contributed by atoms with Gasteiger partial charge in [-0.05, 0) is 61.6 Å². The summed E-state index contributed by atoms with van der Waals surface area (Å²) >= 11 is 0. The van der Waals surface area contributed by atoms with Gasteiger partial charge in [0.1, 0.15) is 17.3 Å². The van der Waals surface area contributed by atoms with Crippen molar-refractivity contribution in [2.75, 3.05) is 20.8 Å². The minimum absolute atomic E-state index is 0.122. The summed E-state index contributed by atoms with van der Waals surface area (Å²) in [7, 11) is 3.27. The van der Waals surface area contributed by atoms with E-state index in [-0.39, 0.29) is 17.7 Å². The lowest BCUT2D eigenvalue weighted by atomic mass is 9.98. The van der Waals surface area contributed by atoms with E-state index < -0.39 is 0 Å². The van der Waals surface area contributed by atoms with Crippen LogP contribution in [0.3, 0.4) is 0 Å². The van der Waals surface area contributed by atoms with E-state index in [0.717, 1.165) is 23.5 Å². The molecule has 2 rings (SSSR count). The van der Waals surface area contributed by atoms with Crippen molar-refractivity contribution in [1.82, 2.24) is 0 Å². The van der Waals surface area contributed by atoms with E-state index in [0.29, 0.717) is 19.4 Å². The highest BCUT2D eigenvalue weighted by atomic mass is 16.5. The highest BCUT2D eigenvalue weighted by Gasteiger charge is 2.10. The first kappa shape index (κ1) is 24.2. The Morgan fingerprint density at radius 1 is 0.931 bits per heavy atom. The molecule has 0 bridgehead atoms. The van der Waals surface area contributed by atoms with Crippen LogP contribution >= 0.6 is 0 Å². The number of esters is 1. The van der Waals surface area contributed by atoms with E-state index in [9.17, 15) is 9.59 Å². The molecule has 1 atom stereocenters. The lowest BCUT2D eigenvalue weighted by molar-refractivity contribution is -0.144. The monoisotopic (exact) mass is 400 g/mol. The predicted molar refractivity (Wildman–Crippen MR) is 114 cm³/mol. The van der Waals surface area contributed by atoms with E-state index in [1.807, 2.05) is 55.5 Å². The van der Waals surface area contributed by atoms with Crippen molar-refractivity contribution in [3.05, 3.63) is 59.7 Å². The normalized spacial score (nSPS) is 10.9. The van der Waals surface area contributed by atoms with Crippen LogP contribution in [0.2, 0.25) is 0 Å². The van der Waals surface area contributed by atoms with Crippen molar-refractivity contribution in [1.29, 1.82) is 0 Å². The zero-order chi connectivity index (χ0) is 21.6. The number of ketones is 1. The summed E-state index contributed by atoms with van der Waals surface area (Å²) < 4.78 is 15.1. The summed E-state index contributed by atoms with van der Waals surface area (Å²) in [5.74, 6) is 1.98. The third-order valence-corrected chi connectivity index (χ3v) is 4.13. The molecule has 0 aromatic heterocycles. The Bertz CT molecular complexity index is 769. The summed E-state index contributed by atoms with van der Waals surface area (Å²) in [5.41, 5.74) is 2.18. The van der Waals surface area contributed by atoms with Crippen LogP contribution in [0.4, 0.5) is 0 Å². The van der Waals surface area contributed by atoms with Crippen molar-refractivity contribution < 1.29 is 23.8 Å². The van der Waals surface area contributed by atoms with Crippen molar-refractivity contribution in [3.8, 4) is 11.5 Å². The molecule has 0 heterocycles. The van der Waals surface area contributed by atoms with Gasteiger partial charge in [-0.3, -0.25) is 9.59 Å². The van der Waals surface area contributed by atoms with Gasteiger partial charge in [-0.2, -0.15) is 0 Å². The molecule has 1 unspecified atom stereocenters. The maximum atomic E-state index is 11.3. The van der Waals surface area contributed by atoms with Gasteiger partial charge in [0, 0.05) is 12.8 Å². The molecule has 0 fully saturated rings. The summed E-state index contributed by atoms with van der Waals surface area (Å²) in [4.78, 5) is 22.1. The molecule has 0 aliphatic rings. The van der Waals surface area contributed by atoms with Crippen LogP contribution < -0.4 is 9.47 Å². The number of carbonyl (C=O) groups is 2. The van der Waals surface area contributed by atoms with Gasteiger partial charge >= 0.3 is 5.97 Å². The van der Waals surface area contributed by atoms with Crippen LogP contribution in [0.25, 0.3) is 0 Å². The summed E-state index contributed by atoms with van der Waals surface area (Å²) in [6, 6.07) is 15.5. The number of ether oxygens (including phenoxy) is 3. The molecule has 0 saturated carbocycles. The number of methoxy groups -OCH3 is 2. The van der Waals surface area contributed by atoms with Crippen LogP contribution in [0.1, 0.15) is 38.3 Å². The SMILES string of the molecule is CCOC(=O)CC(C)Cc1cccc(OC)c1.COc1cccc(CC(C)=O)c1. The average Bonchev–Trinajstić information content (AvgIpc) is 2.68. The van der Waals surface area contributed by atoms with Crippen LogP contribution in [-0.4, -0.2) is 32.6 Å². The number of benzene rings is 2. The molecule has 0 saturated heterocycles. The second-order valence-electron chi connectivity index (χ2n) is 6.90. The van der Waals surface area contributed by atoms with E-state index in [1.54, 1.807) is 21.1 Å². The molecule has 158 valence electrons. The van der Waals surface area contributed by atoms with Gasteiger partial charge in [0.2, 0.25) is 0 Å². The second-order valence-corrected chi connectivity index (χ2v) is 6.90. The van der Waals surface area contributed by atoms with E-state index in [2.05, 4.69) is 6.92 Å². The third kappa shape index (κ3) is 10.3. The molecule has 5 nitrogen and oxygen atoms in total. The lowest BCUT2D eigenvalue weighted by Crippen LogP contribution is -2.11. The Balaban J connectivity index is 0.000000308. The predicted octanol–water partition coefficient (Wildman–Crippen LogP) is 4.65. The first-order chi connectivity index (χ1) is 13.9. The van der Waals surface area contributed by atoms with E-state index in [1.165, 1.54) is 5.56 Å². The highest BCUT2D eigenvalue weighted by molar-refractivity contribution is 5.78. The molecule has 5 heteroatoms. The van der Waals surface area contributed by atoms with Gasteiger partial charge in [-0.25, -0.2) is 0 Å². The van der Waals surface area contributed by atoms with Gasteiger partial charge < -0.3 is 14.2 Å². The summed E-state index contributed by atoms with van der Waals surface area (Å²) in [6.07, 6.45) is 1.80. The first-order valence-electron chi connectivity index (χ1n) is 9.78. The highest BCUT2D eigenvalue weighted by Crippen LogP contribution is 2.17. The van der Waals surface area contributed by atoms with Gasteiger partial charge in [0.15, 0.2) is 0 Å². The molecule has 0 N–H and O–H groups in total. The van der Waals surface area contributed by atoms with Gasteiger partial charge in [-0.15, -0.1) is 0 Å². The fraction of sp³-hybridized carbons (Fsp3) is 0.417. The molecule has 29 heavy (non-hydrogen) atoms. The minimum Gasteiger partial charge on any atom is -0.497 e. The fourth-order valence-corrected chi connectivity index (χ4v) is 2.85.